The first-order valence-corrected chi connectivity index (χ1v) is 6.92. The average Bonchev–Trinajstić information content (AvgIpc) is 2.35. The Morgan fingerprint density at radius 2 is 2.12 bits per heavy atom. The first-order valence-electron chi connectivity index (χ1n) is 6.29. The van der Waals surface area contributed by atoms with Gasteiger partial charge < -0.3 is 0 Å². The highest BCUT2D eigenvalue weighted by molar-refractivity contribution is 7.80. The molecule has 0 atom stereocenters. The van der Waals surface area contributed by atoms with Crippen molar-refractivity contribution < 1.29 is 0 Å². The summed E-state index contributed by atoms with van der Waals surface area (Å²) in [4.78, 5) is 15.6. The maximum Gasteiger partial charge on any atom is 0.347 e. The zero-order chi connectivity index (χ0) is 12.3. The number of hydrogen-bond donors (Lipinski definition) is 1. The fourth-order valence-corrected chi connectivity index (χ4v) is 3.12. The molecule has 0 bridgehead atoms. The molecule has 4 heteroatoms. The van der Waals surface area contributed by atoms with Crippen LogP contribution in [0.5, 0.6) is 0 Å². The molecule has 1 aliphatic carbocycles. The van der Waals surface area contributed by atoms with Crippen LogP contribution in [-0.4, -0.2) is 15.3 Å². The van der Waals surface area contributed by atoms with Gasteiger partial charge in [-0.1, -0.05) is 19.3 Å². The van der Waals surface area contributed by atoms with E-state index in [1.54, 1.807) is 10.8 Å². The molecule has 1 aromatic rings. The predicted octanol–water partition coefficient (Wildman–Crippen LogP) is 2.43. The fraction of sp³-hybridized carbons (Fsp3) is 0.692. The smallest absolute Gasteiger partial charge is 0.298 e. The Labute approximate surface area is 108 Å². The van der Waals surface area contributed by atoms with E-state index >= 15 is 0 Å². The van der Waals surface area contributed by atoms with Gasteiger partial charge in [0.1, 0.15) is 0 Å². The van der Waals surface area contributed by atoms with Crippen molar-refractivity contribution in [1.29, 1.82) is 0 Å². The second-order valence-corrected chi connectivity index (χ2v) is 5.58. The summed E-state index contributed by atoms with van der Waals surface area (Å²) in [5, 5.41) is 0. The number of nitrogens with zero attached hydrogens (tertiary/aromatic N) is 2. The Balaban J connectivity index is 2.23. The van der Waals surface area contributed by atoms with Crippen molar-refractivity contribution in [3.05, 3.63) is 28.4 Å². The van der Waals surface area contributed by atoms with Gasteiger partial charge in [0.2, 0.25) is 0 Å². The topological polar surface area (TPSA) is 34.9 Å². The molecule has 0 aliphatic heterocycles. The van der Waals surface area contributed by atoms with Gasteiger partial charge in [-0.25, -0.2) is 9.78 Å². The lowest BCUT2D eigenvalue weighted by Crippen LogP contribution is -2.36. The molecule has 0 aromatic carbocycles. The molecule has 1 saturated carbocycles. The van der Waals surface area contributed by atoms with Crippen LogP contribution in [0, 0.1) is 12.3 Å². The van der Waals surface area contributed by atoms with Gasteiger partial charge in [-0.2, -0.15) is 12.6 Å². The molecule has 0 unspecified atom stereocenters. The predicted molar refractivity (Wildman–Crippen MR) is 72.6 cm³/mol. The highest BCUT2D eigenvalue weighted by atomic mass is 32.1. The van der Waals surface area contributed by atoms with Crippen LogP contribution in [-0.2, 0) is 6.54 Å². The Bertz CT molecular complexity index is 435. The van der Waals surface area contributed by atoms with Crippen molar-refractivity contribution in [3.63, 3.8) is 0 Å². The van der Waals surface area contributed by atoms with E-state index in [-0.39, 0.29) is 11.1 Å². The maximum atomic E-state index is 11.7. The standard InChI is InChI=1S/C13H20N2OS/c1-11-7-14-12(16)15(8-11)9-13(10-17)5-3-2-4-6-13/h7-8,17H,2-6,9-10H2,1H3. The van der Waals surface area contributed by atoms with Gasteiger partial charge in [0.15, 0.2) is 0 Å². The van der Waals surface area contributed by atoms with Crippen LogP contribution in [0.3, 0.4) is 0 Å². The van der Waals surface area contributed by atoms with Crippen LogP contribution >= 0.6 is 12.6 Å². The van der Waals surface area contributed by atoms with E-state index < -0.39 is 0 Å². The molecule has 94 valence electrons. The van der Waals surface area contributed by atoms with Gasteiger partial charge in [0.25, 0.3) is 0 Å². The molecule has 0 N–H and O–H groups in total. The summed E-state index contributed by atoms with van der Waals surface area (Å²) in [5.74, 6) is 0.855. The third-order valence-corrected chi connectivity index (χ3v) is 4.41. The fourth-order valence-electron chi connectivity index (χ4n) is 2.71. The van der Waals surface area contributed by atoms with Crippen LogP contribution in [0.4, 0.5) is 0 Å². The molecule has 3 nitrogen and oxygen atoms in total. The number of hydrogen-bond acceptors (Lipinski definition) is 3. The second-order valence-electron chi connectivity index (χ2n) is 5.26. The minimum absolute atomic E-state index is 0.137. The van der Waals surface area contributed by atoms with Gasteiger partial charge in [-0.05, 0) is 36.5 Å². The second kappa shape index (κ2) is 5.25. The lowest BCUT2D eigenvalue weighted by Gasteiger charge is -2.36. The number of aryl methyl sites for hydroxylation is 1. The van der Waals surface area contributed by atoms with Crippen LogP contribution in [0.1, 0.15) is 37.7 Å². The van der Waals surface area contributed by atoms with Crippen molar-refractivity contribution in [2.45, 2.75) is 45.6 Å². The van der Waals surface area contributed by atoms with E-state index in [9.17, 15) is 4.79 Å². The third kappa shape index (κ3) is 2.92. The SMILES string of the molecule is Cc1cnc(=O)n(CC2(CS)CCCCC2)c1. The van der Waals surface area contributed by atoms with Crippen LogP contribution in [0.25, 0.3) is 0 Å². The number of thiol groups is 1. The van der Waals surface area contributed by atoms with Crippen molar-refractivity contribution in [3.8, 4) is 0 Å². The van der Waals surface area contributed by atoms with Gasteiger partial charge in [0, 0.05) is 18.9 Å². The summed E-state index contributed by atoms with van der Waals surface area (Å²) in [6, 6.07) is 0. The summed E-state index contributed by atoms with van der Waals surface area (Å²) in [6.07, 6.45) is 9.73. The summed E-state index contributed by atoms with van der Waals surface area (Å²) in [5.41, 5.74) is 1.10. The molecule has 0 amide bonds. The maximum absolute atomic E-state index is 11.7. The lowest BCUT2D eigenvalue weighted by atomic mass is 9.75. The van der Waals surface area contributed by atoms with Gasteiger partial charge in [0.05, 0.1) is 0 Å². The molecule has 1 fully saturated rings. The lowest BCUT2D eigenvalue weighted by molar-refractivity contribution is 0.187. The quantitative estimate of drug-likeness (QED) is 0.839. The molecule has 0 spiro atoms. The average molecular weight is 252 g/mol. The highest BCUT2D eigenvalue weighted by Crippen LogP contribution is 2.38. The first-order chi connectivity index (χ1) is 8.15. The van der Waals surface area contributed by atoms with Gasteiger partial charge >= 0.3 is 5.69 Å². The first kappa shape index (κ1) is 12.7. The summed E-state index contributed by atoms with van der Waals surface area (Å²) in [7, 11) is 0. The molecular weight excluding hydrogens is 232 g/mol. The molecule has 0 saturated heterocycles. The molecule has 2 rings (SSSR count). The van der Waals surface area contributed by atoms with Gasteiger partial charge in [-0.15, -0.1) is 0 Å². The Hall–Kier alpha value is -0.770. The zero-order valence-electron chi connectivity index (χ0n) is 10.4. The summed E-state index contributed by atoms with van der Waals surface area (Å²) in [6.45, 7) is 2.74. The minimum atomic E-state index is -0.137. The van der Waals surface area contributed by atoms with E-state index in [1.807, 2.05) is 13.1 Å². The Morgan fingerprint density at radius 3 is 2.76 bits per heavy atom. The third-order valence-electron chi connectivity index (χ3n) is 3.74. The molecule has 17 heavy (non-hydrogen) atoms. The van der Waals surface area contributed by atoms with E-state index in [4.69, 9.17) is 0 Å². The van der Waals surface area contributed by atoms with Crippen molar-refractivity contribution in [1.82, 2.24) is 9.55 Å². The monoisotopic (exact) mass is 252 g/mol. The van der Waals surface area contributed by atoms with Crippen LogP contribution in [0.15, 0.2) is 17.2 Å². The van der Waals surface area contributed by atoms with Gasteiger partial charge in [-0.3, -0.25) is 4.57 Å². The van der Waals surface area contributed by atoms with Crippen LogP contribution < -0.4 is 5.69 Å². The van der Waals surface area contributed by atoms with E-state index in [2.05, 4.69) is 17.6 Å². The zero-order valence-corrected chi connectivity index (χ0v) is 11.2. The van der Waals surface area contributed by atoms with E-state index in [0.29, 0.717) is 0 Å². The molecule has 1 aromatic heterocycles. The summed E-state index contributed by atoms with van der Waals surface area (Å²) < 4.78 is 1.76. The van der Waals surface area contributed by atoms with Crippen LogP contribution in [0.2, 0.25) is 0 Å². The minimum Gasteiger partial charge on any atom is -0.298 e. The number of aromatic nitrogens is 2. The van der Waals surface area contributed by atoms with Crippen molar-refractivity contribution >= 4 is 12.6 Å². The van der Waals surface area contributed by atoms with E-state index in [0.717, 1.165) is 17.9 Å². The van der Waals surface area contributed by atoms with Crippen molar-refractivity contribution in [2.24, 2.45) is 5.41 Å². The highest BCUT2D eigenvalue weighted by Gasteiger charge is 2.31. The Morgan fingerprint density at radius 1 is 1.41 bits per heavy atom. The molecular formula is C13H20N2OS. The summed E-state index contributed by atoms with van der Waals surface area (Å²) >= 11 is 4.50. The van der Waals surface area contributed by atoms with E-state index in [1.165, 1.54) is 32.1 Å². The number of rotatable bonds is 3. The Kier molecular flexibility index (Phi) is 3.92. The molecule has 1 aliphatic rings. The molecule has 1 heterocycles. The molecule has 0 radical (unpaired) electrons. The van der Waals surface area contributed by atoms with Crippen molar-refractivity contribution in [2.75, 3.05) is 5.75 Å². The normalized spacial score (nSPS) is 19.2. The largest absolute Gasteiger partial charge is 0.347 e.